The van der Waals surface area contributed by atoms with Gasteiger partial charge in [-0.05, 0) is 18.7 Å². The van der Waals surface area contributed by atoms with Gasteiger partial charge in [-0.3, -0.25) is 0 Å². The Labute approximate surface area is 67.5 Å². The van der Waals surface area contributed by atoms with Gasteiger partial charge in [0.15, 0.2) is 0 Å². The van der Waals surface area contributed by atoms with E-state index in [-0.39, 0.29) is 0 Å². The Hall–Kier alpha value is -0.630. The minimum atomic E-state index is -0.646. The Morgan fingerprint density at radius 1 is 1.30 bits per heavy atom. The third kappa shape index (κ3) is 1.67. The van der Waals surface area contributed by atoms with E-state index in [4.69, 9.17) is 6.58 Å². The Morgan fingerprint density at radius 2 is 1.80 bits per heavy atom. The number of rotatable bonds is 1. The smallest absolute Gasteiger partial charge is 0.130 e. The van der Waals surface area contributed by atoms with E-state index < -0.39 is 5.83 Å². The van der Waals surface area contributed by atoms with Crippen molar-refractivity contribution in [2.24, 2.45) is 0 Å². The molecule has 0 saturated carbocycles. The van der Waals surface area contributed by atoms with Gasteiger partial charge in [-0.25, -0.2) is 4.39 Å². The zero-order valence-corrected chi connectivity index (χ0v) is 6.73. The number of benzene rings is 1. The summed E-state index contributed by atoms with van der Waals surface area (Å²) in [4.78, 5) is 0. The zero-order valence-electron chi connectivity index (χ0n) is 5.14. The van der Waals surface area contributed by atoms with Crippen LogP contribution in [0.2, 0.25) is 0 Å². The van der Waals surface area contributed by atoms with Crippen LogP contribution in [0.5, 0.6) is 0 Å². The molecular weight excluding hydrogens is 195 g/mol. The van der Waals surface area contributed by atoms with Crippen LogP contribution in [0, 0.1) is 6.58 Å². The summed E-state index contributed by atoms with van der Waals surface area (Å²) < 4.78 is 13.2. The lowest BCUT2D eigenvalue weighted by molar-refractivity contribution is 0.761. The maximum atomic E-state index is 12.2. The number of hydrogen-bond acceptors (Lipinski definition) is 0. The van der Waals surface area contributed by atoms with Gasteiger partial charge in [-0.2, -0.15) is 0 Å². The highest BCUT2D eigenvalue weighted by atomic mass is 79.9. The lowest BCUT2D eigenvalue weighted by atomic mass is 10.2. The lowest BCUT2D eigenvalue weighted by Crippen LogP contribution is -1.73. The van der Waals surface area contributed by atoms with Gasteiger partial charge in [-0.1, -0.05) is 28.1 Å². The maximum Gasteiger partial charge on any atom is 0.130 e. The van der Waals surface area contributed by atoms with Crippen LogP contribution in [0.3, 0.4) is 0 Å². The molecule has 0 aliphatic rings. The van der Waals surface area contributed by atoms with Crippen molar-refractivity contribution in [1.82, 2.24) is 0 Å². The van der Waals surface area contributed by atoms with E-state index in [2.05, 4.69) is 15.9 Å². The van der Waals surface area contributed by atoms with Gasteiger partial charge in [0.1, 0.15) is 5.83 Å². The molecule has 0 fully saturated rings. The summed E-state index contributed by atoms with van der Waals surface area (Å²) in [5.74, 6) is -0.646. The SMILES string of the molecule is [CH]=C(F)c1ccc(Br)cc1. The molecule has 1 aromatic carbocycles. The molecule has 0 atom stereocenters. The van der Waals surface area contributed by atoms with Crippen molar-refractivity contribution >= 4 is 21.8 Å². The topological polar surface area (TPSA) is 0 Å². The average molecular weight is 200 g/mol. The van der Waals surface area contributed by atoms with E-state index in [9.17, 15) is 4.39 Å². The van der Waals surface area contributed by atoms with Gasteiger partial charge in [0.05, 0.1) is 0 Å². The van der Waals surface area contributed by atoms with E-state index in [1.807, 2.05) is 0 Å². The van der Waals surface area contributed by atoms with E-state index in [1.54, 1.807) is 24.3 Å². The third-order valence-electron chi connectivity index (χ3n) is 1.12. The molecule has 0 saturated heterocycles. The minimum Gasteiger partial charge on any atom is -0.206 e. The fourth-order valence-electron chi connectivity index (χ4n) is 0.609. The van der Waals surface area contributed by atoms with Crippen LogP contribution < -0.4 is 0 Å². The molecule has 1 aromatic rings. The summed E-state index contributed by atoms with van der Waals surface area (Å²) in [7, 11) is 0. The van der Waals surface area contributed by atoms with E-state index in [0.29, 0.717) is 5.56 Å². The van der Waals surface area contributed by atoms with Crippen LogP contribution in [0.4, 0.5) is 4.39 Å². The van der Waals surface area contributed by atoms with Crippen molar-refractivity contribution in [1.29, 1.82) is 0 Å². The van der Waals surface area contributed by atoms with Gasteiger partial charge in [0.2, 0.25) is 0 Å². The van der Waals surface area contributed by atoms with E-state index in [0.717, 1.165) is 4.47 Å². The molecule has 0 amide bonds. The second-order valence-electron chi connectivity index (χ2n) is 1.85. The van der Waals surface area contributed by atoms with Crippen molar-refractivity contribution in [3.8, 4) is 0 Å². The molecule has 1 rings (SSSR count). The van der Waals surface area contributed by atoms with E-state index in [1.165, 1.54) is 0 Å². The molecule has 0 nitrogen and oxygen atoms in total. The normalized spacial score (nSPS) is 9.40. The number of halogens is 2. The van der Waals surface area contributed by atoms with Gasteiger partial charge in [-0.15, -0.1) is 0 Å². The summed E-state index contributed by atoms with van der Waals surface area (Å²) in [5.41, 5.74) is 0.420. The molecule has 51 valence electrons. The summed E-state index contributed by atoms with van der Waals surface area (Å²) in [6.07, 6.45) is 0. The van der Waals surface area contributed by atoms with Crippen molar-refractivity contribution in [3.05, 3.63) is 40.9 Å². The molecule has 0 heterocycles. The van der Waals surface area contributed by atoms with Crippen LogP contribution >= 0.6 is 15.9 Å². The molecule has 0 spiro atoms. The van der Waals surface area contributed by atoms with E-state index >= 15 is 0 Å². The largest absolute Gasteiger partial charge is 0.206 e. The highest BCUT2D eigenvalue weighted by Gasteiger charge is 1.94. The van der Waals surface area contributed by atoms with Gasteiger partial charge < -0.3 is 0 Å². The Bertz CT molecular complexity index is 238. The van der Waals surface area contributed by atoms with Crippen molar-refractivity contribution < 1.29 is 4.39 Å². The molecule has 1 radical (unpaired) electrons. The Balaban J connectivity index is 3.00. The standard InChI is InChI=1S/C8H5BrF/c1-6(10)7-2-4-8(9)5-3-7/h1-5H. The first-order chi connectivity index (χ1) is 4.70. The first kappa shape index (κ1) is 7.48. The molecule has 0 N–H and O–H groups in total. The van der Waals surface area contributed by atoms with Gasteiger partial charge in [0.25, 0.3) is 0 Å². The molecule has 0 bridgehead atoms. The monoisotopic (exact) mass is 199 g/mol. The molecule has 0 unspecified atom stereocenters. The third-order valence-corrected chi connectivity index (χ3v) is 1.65. The summed E-state index contributed by atoms with van der Waals surface area (Å²) in [6.45, 7) is 4.90. The molecular formula is C8H5BrF. The van der Waals surface area contributed by atoms with Crippen LogP contribution in [-0.2, 0) is 0 Å². The molecule has 2 heteroatoms. The van der Waals surface area contributed by atoms with Crippen molar-refractivity contribution in [3.63, 3.8) is 0 Å². The molecule has 0 aliphatic heterocycles. The first-order valence-electron chi connectivity index (χ1n) is 2.74. The fourth-order valence-corrected chi connectivity index (χ4v) is 0.873. The predicted octanol–water partition coefficient (Wildman–Crippen LogP) is 3.19. The molecule has 10 heavy (non-hydrogen) atoms. The average Bonchev–Trinajstić information content (AvgIpc) is 1.88. The van der Waals surface area contributed by atoms with Crippen LogP contribution in [0.15, 0.2) is 28.7 Å². The minimum absolute atomic E-state index is 0.420. The summed E-state index contributed by atoms with van der Waals surface area (Å²) in [6, 6.07) is 6.70. The predicted molar refractivity (Wildman–Crippen MR) is 43.0 cm³/mol. The van der Waals surface area contributed by atoms with Crippen LogP contribution in [-0.4, -0.2) is 0 Å². The number of hydrogen-bond donors (Lipinski definition) is 0. The first-order valence-corrected chi connectivity index (χ1v) is 3.53. The molecule has 0 aliphatic carbocycles. The van der Waals surface area contributed by atoms with Crippen LogP contribution in [0.1, 0.15) is 5.56 Å². The maximum absolute atomic E-state index is 12.2. The van der Waals surface area contributed by atoms with Gasteiger partial charge in [0, 0.05) is 10.0 Å². The van der Waals surface area contributed by atoms with Gasteiger partial charge >= 0.3 is 0 Å². The van der Waals surface area contributed by atoms with Crippen LogP contribution in [0.25, 0.3) is 5.83 Å². The Morgan fingerprint density at radius 3 is 2.20 bits per heavy atom. The Kier molecular flexibility index (Phi) is 2.22. The fraction of sp³-hybridized carbons (Fsp3) is 0. The summed E-state index contributed by atoms with van der Waals surface area (Å²) in [5, 5.41) is 0. The second-order valence-corrected chi connectivity index (χ2v) is 2.77. The second kappa shape index (κ2) is 2.97. The zero-order chi connectivity index (χ0) is 7.56. The lowest BCUT2D eigenvalue weighted by Gasteiger charge is -1.93. The highest BCUT2D eigenvalue weighted by molar-refractivity contribution is 9.10. The van der Waals surface area contributed by atoms with Crippen molar-refractivity contribution in [2.45, 2.75) is 0 Å². The quantitative estimate of drug-likeness (QED) is 0.652. The highest BCUT2D eigenvalue weighted by Crippen LogP contribution is 2.16. The van der Waals surface area contributed by atoms with Crippen molar-refractivity contribution in [2.75, 3.05) is 0 Å². The molecule has 0 aromatic heterocycles. The summed E-state index contributed by atoms with van der Waals surface area (Å²) >= 11 is 3.22.